The van der Waals surface area contributed by atoms with E-state index in [1.165, 1.54) is 5.56 Å². The van der Waals surface area contributed by atoms with Crippen LogP contribution in [-0.2, 0) is 0 Å². The van der Waals surface area contributed by atoms with Crippen LogP contribution in [0.2, 0.25) is 5.02 Å². The predicted molar refractivity (Wildman–Crippen MR) is 63.6 cm³/mol. The third-order valence-corrected chi connectivity index (χ3v) is 4.13. The molecule has 2 atom stereocenters. The van der Waals surface area contributed by atoms with Gasteiger partial charge in [0.2, 0.25) is 0 Å². The molecule has 2 N–H and O–H groups in total. The zero-order valence-electron chi connectivity index (χ0n) is 8.22. The molecule has 0 spiro atoms. The molecule has 76 valence electrons. The van der Waals surface area contributed by atoms with Gasteiger partial charge in [-0.05, 0) is 23.1 Å². The van der Waals surface area contributed by atoms with Gasteiger partial charge in [0.15, 0.2) is 0 Å². The molecule has 1 aromatic rings. The van der Waals surface area contributed by atoms with Crippen LogP contribution in [0.25, 0.3) is 0 Å². The molecular weight excluding hydrogens is 261 g/mol. The summed E-state index contributed by atoms with van der Waals surface area (Å²) in [6.45, 7) is 4.40. The van der Waals surface area contributed by atoms with E-state index in [-0.39, 0.29) is 11.5 Å². The molecule has 14 heavy (non-hydrogen) atoms. The highest BCUT2D eigenvalue weighted by Crippen LogP contribution is 2.58. The van der Waals surface area contributed by atoms with Crippen molar-refractivity contribution < 1.29 is 0 Å². The van der Waals surface area contributed by atoms with Crippen LogP contribution < -0.4 is 5.73 Å². The Hall–Kier alpha value is -0.0500. The van der Waals surface area contributed by atoms with Crippen molar-refractivity contribution in [2.45, 2.75) is 25.8 Å². The van der Waals surface area contributed by atoms with E-state index in [1.54, 1.807) is 0 Å². The molecule has 1 nitrogen and oxygen atoms in total. The third-order valence-electron chi connectivity index (χ3n) is 3.21. The lowest BCUT2D eigenvalue weighted by molar-refractivity contribution is 0.598. The Kier molecular flexibility index (Phi) is 2.41. The summed E-state index contributed by atoms with van der Waals surface area (Å²) < 4.78 is 1.07. The van der Waals surface area contributed by atoms with E-state index in [0.29, 0.717) is 5.92 Å². The molecule has 0 saturated heterocycles. The van der Waals surface area contributed by atoms with Gasteiger partial charge in [-0.15, -0.1) is 0 Å². The van der Waals surface area contributed by atoms with Crippen molar-refractivity contribution in [3.8, 4) is 0 Å². The summed E-state index contributed by atoms with van der Waals surface area (Å²) >= 11 is 9.42. The number of nitrogens with two attached hydrogens (primary N) is 1. The minimum Gasteiger partial charge on any atom is -0.327 e. The Morgan fingerprint density at radius 2 is 2.00 bits per heavy atom. The van der Waals surface area contributed by atoms with Crippen molar-refractivity contribution in [1.82, 2.24) is 0 Å². The smallest absolute Gasteiger partial charge is 0.0417 e. The van der Waals surface area contributed by atoms with E-state index in [0.717, 1.165) is 9.50 Å². The third kappa shape index (κ3) is 1.50. The van der Waals surface area contributed by atoms with Gasteiger partial charge in [-0.2, -0.15) is 0 Å². The molecule has 0 radical (unpaired) electrons. The first-order valence-electron chi connectivity index (χ1n) is 4.65. The minimum absolute atomic E-state index is 0.219. The molecule has 1 aliphatic rings. The van der Waals surface area contributed by atoms with E-state index in [1.807, 2.05) is 12.1 Å². The van der Waals surface area contributed by atoms with E-state index in [9.17, 15) is 0 Å². The maximum atomic E-state index is 6.03. The Labute approximate surface area is 97.8 Å². The highest BCUT2D eigenvalue weighted by molar-refractivity contribution is 9.10. The molecule has 0 bridgehead atoms. The number of hydrogen-bond donors (Lipinski definition) is 1. The summed E-state index contributed by atoms with van der Waals surface area (Å²) in [5, 5.41) is 0.757. The average Bonchev–Trinajstić information content (AvgIpc) is 2.54. The van der Waals surface area contributed by atoms with Crippen molar-refractivity contribution in [3.05, 3.63) is 33.3 Å². The van der Waals surface area contributed by atoms with Crippen LogP contribution in [0.3, 0.4) is 0 Å². The molecule has 3 heteroatoms. The molecule has 1 saturated carbocycles. The van der Waals surface area contributed by atoms with Crippen LogP contribution >= 0.6 is 27.5 Å². The fourth-order valence-corrected chi connectivity index (χ4v) is 2.95. The number of rotatable bonds is 1. The van der Waals surface area contributed by atoms with Gasteiger partial charge in [-0.25, -0.2) is 0 Å². The molecule has 2 rings (SSSR count). The summed E-state index contributed by atoms with van der Waals surface area (Å²) in [6.07, 6.45) is 0. The SMILES string of the molecule is CC1(C)[C@@H](N)[C@@H]1c1ccc(Cl)cc1Br. The molecule has 1 fully saturated rings. The first-order valence-corrected chi connectivity index (χ1v) is 5.82. The van der Waals surface area contributed by atoms with E-state index >= 15 is 0 Å². The average molecular weight is 275 g/mol. The summed E-state index contributed by atoms with van der Waals surface area (Å²) in [5.74, 6) is 0.453. The second-order valence-corrected chi connectivity index (χ2v) is 5.78. The van der Waals surface area contributed by atoms with E-state index < -0.39 is 0 Å². The first kappa shape index (κ1) is 10.5. The van der Waals surface area contributed by atoms with Gasteiger partial charge in [-0.1, -0.05) is 47.4 Å². The van der Waals surface area contributed by atoms with Crippen molar-refractivity contribution in [2.75, 3.05) is 0 Å². The largest absolute Gasteiger partial charge is 0.327 e. The Morgan fingerprint density at radius 3 is 2.43 bits per heavy atom. The van der Waals surface area contributed by atoms with Gasteiger partial charge in [0.25, 0.3) is 0 Å². The Balaban J connectivity index is 2.36. The lowest BCUT2D eigenvalue weighted by atomic mass is 10.0. The fraction of sp³-hybridized carbons (Fsp3) is 0.455. The zero-order valence-corrected chi connectivity index (χ0v) is 10.6. The van der Waals surface area contributed by atoms with Crippen molar-refractivity contribution in [1.29, 1.82) is 0 Å². The normalized spacial score (nSPS) is 28.9. The molecule has 0 heterocycles. The van der Waals surface area contributed by atoms with Gasteiger partial charge < -0.3 is 5.73 Å². The van der Waals surface area contributed by atoms with Crippen LogP contribution in [0, 0.1) is 5.41 Å². The standard InChI is InChI=1S/C11H13BrClN/c1-11(2)9(10(11)14)7-4-3-6(13)5-8(7)12/h3-5,9-10H,14H2,1-2H3/t9-,10-/m0/s1. The zero-order chi connectivity index (χ0) is 10.5. The monoisotopic (exact) mass is 273 g/mol. The molecule has 1 aromatic carbocycles. The van der Waals surface area contributed by atoms with E-state index in [2.05, 4.69) is 35.8 Å². The highest BCUT2D eigenvalue weighted by Gasteiger charge is 2.56. The Morgan fingerprint density at radius 1 is 1.43 bits per heavy atom. The van der Waals surface area contributed by atoms with Crippen molar-refractivity contribution >= 4 is 27.5 Å². The molecule has 0 aromatic heterocycles. The van der Waals surface area contributed by atoms with Crippen molar-refractivity contribution in [2.24, 2.45) is 11.1 Å². The lowest BCUT2D eigenvalue weighted by Crippen LogP contribution is -2.06. The van der Waals surface area contributed by atoms with Crippen LogP contribution in [0.15, 0.2) is 22.7 Å². The molecule has 0 amide bonds. The summed E-state index contributed by atoms with van der Waals surface area (Å²) in [5.41, 5.74) is 7.52. The summed E-state index contributed by atoms with van der Waals surface area (Å²) in [7, 11) is 0. The van der Waals surface area contributed by atoms with Gasteiger partial charge in [0, 0.05) is 21.5 Å². The van der Waals surface area contributed by atoms with Gasteiger partial charge in [0.05, 0.1) is 0 Å². The first-order chi connectivity index (χ1) is 6.44. The van der Waals surface area contributed by atoms with Gasteiger partial charge in [0.1, 0.15) is 0 Å². The maximum Gasteiger partial charge on any atom is 0.0417 e. The molecule has 1 aliphatic carbocycles. The summed E-state index contributed by atoms with van der Waals surface area (Å²) in [6, 6.07) is 6.17. The molecule has 0 aliphatic heterocycles. The van der Waals surface area contributed by atoms with Crippen LogP contribution in [0.1, 0.15) is 25.3 Å². The van der Waals surface area contributed by atoms with Crippen molar-refractivity contribution in [3.63, 3.8) is 0 Å². The molecule has 0 unspecified atom stereocenters. The second-order valence-electron chi connectivity index (χ2n) is 4.49. The van der Waals surface area contributed by atoms with E-state index in [4.69, 9.17) is 17.3 Å². The van der Waals surface area contributed by atoms with Crippen LogP contribution in [0.5, 0.6) is 0 Å². The second kappa shape index (κ2) is 3.22. The fourth-order valence-electron chi connectivity index (χ4n) is 2.03. The number of benzene rings is 1. The highest BCUT2D eigenvalue weighted by atomic mass is 79.9. The Bertz CT molecular complexity index is 376. The lowest BCUT2D eigenvalue weighted by Gasteiger charge is -2.05. The summed E-state index contributed by atoms with van der Waals surface area (Å²) in [4.78, 5) is 0. The minimum atomic E-state index is 0.219. The molecular formula is C11H13BrClN. The quantitative estimate of drug-likeness (QED) is 0.833. The topological polar surface area (TPSA) is 26.0 Å². The number of hydrogen-bond acceptors (Lipinski definition) is 1. The van der Waals surface area contributed by atoms with Crippen LogP contribution in [0.4, 0.5) is 0 Å². The predicted octanol–water partition coefficient (Wildman–Crippen LogP) is 3.55. The maximum absolute atomic E-state index is 6.03. The van der Waals surface area contributed by atoms with Crippen LogP contribution in [-0.4, -0.2) is 6.04 Å². The number of halogens is 2. The van der Waals surface area contributed by atoms with Gasteiger partial charge >= 0.3 is 0 Å². The van der Waals surface area contributed by atoms with Gasteiger partial charge in [-0.3, -0.25) is 0 Å².